The zero-order valence-corrected chi connectivity index (χ0v) is 17.3. The molecule has 30 heavy (non-hydrogen) atoms. The van der Waals surface area contributed by atoms with Gasteiger partial charge in [-0.1, -0.05) is 54.6 Å². The minimum absolute atomic E-state index is 0. The van der Waals surface area contributed by atoms with E-state index in [0.717, 1.165) is 15.9 Å². The molecule has 12 heteroatoms. The van der Waals surface area contributed by atoms with Crippen LogP contribution >= 0.6 is 7.92 Å². The second-order valence-electron chi connectivity index (χ2n) is 5.61. The molecule has 0 saturated carbocycles. The molecule has 0 heterocycles. The van der Waals surface area contributed by atoms with Crippen molar-refractivity contribution < 1.29 is 36.9 Å². The quantitative estimate of drug-likeness (QED) is 0.276. The molecule has 0 aromatic heterocycles. The van der Waals surface area contributed by atoms with Gasteiger partial charge in [0.05, 0.1) is 9.79 Å². The van der Waals surface area contributed by atoms with Crippen molar-refractivity contribution in [1.82, 2.24) is 0 Å². The van der Waals surface area contributed by atoms with Gasteiger partial charge in [0.25, 0.3) is 20.2 Å². The molecule has 6 N–H and O–H groups in total. The van der Waals surface area contributed by atoms with Crippen LogP contribution in [0.25, 0.3) is 0 Å². The normalized spacial score (nSPS) is 11.0. The summed E-state index contributed by atoms with van der Waals surface area (Å²) in [6, 6.07) is 21.3. The van der Waals surface area contributed by atoms with Crippen molar-refractivity contribution in [3.63, 3.8) is 0 Å². The third-order valence-electron chi connectivity index (χ3n) is 3.80. The second kappa shape index (κ2) is 11.9. The zero-order valence-electron chi connectivity index (χ0n) is 14.8. The first-order valence-electron chi connectivity index (χ1n) is 7.66. The first-order chi connectivity index (χ1) is 12.7. The Morgan fingerprint density at radius 3 is 1.13 bits per heavy atom. The van der Waals surface area contributed by atoms with E-state index in [4.69, 9.17) is 9.11 Å². The van der Waals surface area contributed by atoms with Gasteiger partial charge in [-0.3, -0.25) is 9.11 Å². The van der Waals surface area contributed by atoms with Gasteiger partial charge in [0.2, 0.25) is 0 Å². The molecule has 0 bridgehead atoms. The summed E-state index contributed by atoms with van der Waals surface area (Å²) in [4.78, 5) is -0.396. The monoisotopic (exact) mass is 498 g/mol. The van der Waals surface area contributed by atoms with E-state index in [1.807, 2.05) is 30.3 Å². The maximum atomic E-state index is 11.3. The van der Waals surface area contributed by atoms with E-state index in [0.29, 0.717) is 0 Å². The fraction of sp³-hybridized carbons (Fsp3) is 0. The van der Waals surface area contributed by atoms with Gasteiger partial charge in [-0.2, -0.15) is 16.8 Å². The Hall–Kier alpha value is -0.534. The van der Waals surface area contributed by atoms with Crippen molar-refractivity contribution in [3.05, 3.63) is 78.9 Å². The van der Waals surface area contributed by atoms with Crippen LogP contribution in [0.4, 0.5) is 0 Å². The molecule has 0 aliphatic rings. The van der Waals surface area contributed by atoms with Gasteiger partial charge < -0.3 is 11.0 Å². The first-order valence-corrected chi connectivity index (χ1v) is 11.9. The minimum atomic E-state index is -4.28. The molecule has 0 radical (unpaired) electrons. The van der Waals surface area contributed by atoms with Gasteiger partial charge in [0, 0.05) is 0 Å². The van der Waals surface area contributed by atoms with Crippen molar-refractivity contribution in [2.24, 2.45) is 0 Å². The number of hydrogen-bond donors (Lipinski definition) is 2. The average molecular weight is 499 g/mol. The van der Waals surface area contributed by atoms with Crippen molar-refractivity contribution in [2.45, 2.75) is 9.79 Å². The summed E-state index contributed by atoms with van der Waals surface area (Å²) in [5.74, 6) is 0. The first kappa shape index (κ1) is 29.5. The predicted octanol–water partition coefficient (Wildman–Crippen LogP) is -0.360. The molecular formula is C18H20KO8PS2. The SMILES string of the molecule is O.O.O=S(=O)(O)c1ccc(P(c2ccccc2)c2ccc(S(=O)(=O)O)cc2)cc1.[KH]. The Morgan fingerprint density at radius 2 is 0.833 bits per heavy atom. The van der Waals surface area contributed by atoms with Crippen LogP contribution in [0.5, 0.6) is 0 Å². The van der Waals surface area contributed by atoms with Gasteiger partial charge in [-0.15, -0.1) is 0 Å². The molecule has 158 valence electrons. The van der Waals surface area contributed by atoms with E-state index in [-0.39, 0.29) is 72.1 Å². The van der Waals surface area contributed by atoms with Crippen LogP contribution in [-0.2, 0) is 20.2 Å². The molecule has 0 fully saturated rings. The van der Waals surface area contributed by atoms with Crippen LogP contribution < -0.4 is 15.9 Å². The fourth-order valence-electron chi connectivity index (χ4n) is 2.56. The molecule has 8 nitrogen and oxygen atoms in total. The van der Waals surface area contributed by atoms with E-state index in [2.05, 4.69) is 0 Å². The molecule has 3 rings (SSSR count). The summed E-state index contributed by atoms with van der Waals surface area (Å²) in [7, 11) is -9.66. The van der Waals surface area contributed by atoms with Crippen LogP contribution in [0.1, 0.15) is 0 Å². The van der Waals surface area contributed by atoms with E-state index in [1.54, 1.807) is 24.3 Å². The summed E-state index contributed by atoms with van der Waals surface area (Å²) in [6.45, 7) is 0. The number of rotatable bonds is 5. The number of benzene rings is 3. The molecule has 0 spiro atoms. The van der Waals surface area contributed by atoms with Crippen molar-refractivity contribution in [3.8, 4) is 0 Å². The standard InChI is InChI=1S/C18H15O6PS2.K.2H2O.H/c19-26(20,21)17-10-6-15(7-11-17)25(14-4-2-1-3-5-14)16-8-12-18(13-9-16)27(22,23)24;;;;/h1-13H,(H,19,20,21)(H,22,23,24);;2*1H2;. The van der Waals surface area contributed by atoms with Crippen LogP contribution in [0, 0.1) is 0 Å². The Labute approximate surface area is 218 Å². The zero-order chi connectivity index (χ0) is 19.7. The van der Waals surface area contributed by atoms with Gasteiger partial charge in [-0.25, -0.2) is 0 Å². The molecule has 0 unspecified atom stereocenters. The summed E-state index contributed by atoms with van der Waals surface area (Å²) < 4.78 is 63.4. The van der Waals surface area contributed by atoms with Crippen molar-refractivity contribution in [1.29, 1.82) is 0 Å². The molecule has 0 aliphatic heterocycles. The summed E-state index contributed by atoms with van der Waals surface area (Å²) in [6.07, 6.45) is 0. The average Bonchev–Trinajstić information content (AvgIpc) is 2.62. The Morgan fingerprint density at radius 1 is 0.533 bits per heavy atom. The molecule has 0 atom stereocenters. The summed E-state index contributed by atoms with van der Waals surface area (Å²) >= 11 is 0. The predicted molar refractivity (Wildman–Crippen MR) is 119 cm³/mol. The van der Waals surface area contributed by atoms with Crippen molar-refractivity contribution >= 4 is 95.5 Å². The van der Waals surface area contributed by atoms with E-state index < -0.39 is 28.2 Å². The van der Waals surface area contributed by atoms with E-state index in [9.17, 15) is 16.8 Å². The van der Waals surface area contributed by atoms with E-state index >= 15 is 0 Å². The van der Waals surface area contributed by atoms with Gasteiger partial charge >= 0.3 is 51.4 Å². The molecule has 0 amide bonds. The maximum absolute atomic E-state index is 11.3. The van der Waals surface area contributed by atoms with Crippen LogP contribution in [0.3, 0.4) is 0 Å². The van der Waals surface area contributed by atoms with Crippen LogP contribution in [0.15, 0.2) is 88.7 Å². The van der Waals surface area contributed by atoms with Gasteiger partial charge in [0.15, 0.2) is 0 Å². The number of hydrogen-bond acceptors (Lipinski definition) is 4. The summed E-state index contributed by atoms with van der Waals surface area (Å²) in [5, 5.41) is 2.62. The van der Waals surface area contributed by atoms with Gasteiger partial charge in [0.1, 0.15) is 0 Å². The van der Waals surface area contributed by atoms with E-state index in [1.165, 1.54) is 24.3 Å². The third-order valence-corrected chi connectivity index (χ3v) is 7.98. The molecule has 3 aromatic carbocycles. The second-order valence-corrected chi connectivity index (χ2v) is 10.7. The fourth-order valence-corrected chi connectivity index (χ4v) is 5.78. The van der Waals surface area contributed by atoms with Crippen molar-refractivity contribution in [2.75, 3.05) is 0 Å². The third kappa shape index (κ3) is 7.26. The van der Waals surface area contributed by atoms with Gasteiger partial charge in [-0.05, 0) is 48.1 Å². The molecule has 0 aliphatic carbocycles. The Kier molecular flexibility index (Phi) is 11.7. The van der Waals surface area contributed by atoms with Crippen LogP contribution in [0.2, 0.25) is 0 Å². The van der Waals surface area contributed by atoms with Crippen LogP contribution in [-0.4, -0.2) is 88.3 Å². The summed E-state index contributed by atoms with van der Waals surface area (Å²) in [5.41, 5.74) is 0. The Balaban J connectivity index is 0.00000280. The molecule has 0 saturated heterocycles. The molecule has 3 aromatic rings. The Bertz CT molecular complexity index is 1080. The molecular weight excluding hydrogens is 478 g/mol. The topological polar surface area (TPSA) is 172 Å².